The van der Waals surface area contributed by atoms with Crippen molar-refractivity contribution in [2.45, 2.75) is 105 Å². The number of phenolic OH excluding ortho intramolecular Hbond substituents is 4. The number of ketones is 2. The van der Waals surface area contributed by atoms with E-state index in [2.05, 4.69) is 27.7 Å². The highest BCUT2D eigenvalue weighted by Crippen LogP contribution is 2.31. The molecule has 0 aliphatic carbocycles. The molecule has 4 aromatic carbocycles. The van der Waals surface area contributed by atoms with Gasteiger partial charge >= 0.3 is 0 Å². The van der Waals surface area contributed by atoms with Gasteiger partial charge in [0.25, 0.3) is 0 Å². The van der Waals surface area contributed by atoms with Crippen LogP contribution in [0.3, 0.4) is 0 Å². The molecule has 53 heavy (non-hydrogen) atoms. The van der Waals surface area contributed by atoms with E-state index in [4.69, 9.17) is 9.47 Å². The summed E-state index contributed by atoms with van der Waals surface area (Å²) in [7, 11) is 0. The number of ether oxygens (including phenoxy) is 2. The van der Waals surface area contributed by atoms with E-state index in [9.17, 15) is 34.4 Å². The minimum absolute atomic E-state index is 0.0120. The molecule has 4 aromatic rings. The van der Waals surface area contributed by atoms with Gasteiger partial charge in [0, 0.05) is 12.1 Å². The number of benzene rings is 4. The Labute approximate surface area is 313 Å². The summed E-state index contributed by atoms with van der Waals surface area (Å²) in [4.78, 5) is 24.9. The molecule has 0 spiro atoms. The van der Waals surface area contributed by atoms with Crippen molar-refractivity contribution in [1.82, 2.24) is 0 Å². The molecule has 0 heterocycles. The number of aryl methyl sites for hydroxylation is 3. The summed E-state index contributed by atoms with van der Waals surface area (Å²) < 4.78 is 24.6. The van der Waals surface area contributed by atoms with Gasteiger partial charge in [-0.1, -0.05) is 84.4 Å². The number of Topliss-reactive ketones (excluding diaryl/α,β-unsaturated/α-hetero) is 2. The summed E-state index contributed by atoms with van der Waals surface area (Å²) in [6.07, 6.45) is 9.77. The molecular weight excluding hydrogens is 675 g/mol. The Hall–Kier alpha value is -5.05. The Morgan fingerprint density at radius 1 is 0.623 bits per heavy atom. The summed E-state index contributed by atoms with van der Waals surface area (Å²) in [6.45, 7) is 9.70. The fraction of sp³-hybridized carbons (Fsp3) is 0.409. The van der Waals surface area contributed by atoms with Gasteiger partial charge in [-0.25, -0.2) is 4.39 Å². The number of unbranched alkanes of at least 4 members (excludes halogenated alkanes) is 6. The van der Waals surface area contributed by atoms with Gasteiger partial charge in [0.15, 0.2) is 24.8 Å². The molecule has 0 aliphatic heterocycles. The highest BCUT2D eigenvalue weighted by molar-refractivity contribution is 6.00. The van der Waals surface area contributed by atoms with Gasteiger partial charge in [-0.3, -0.25) is 9.59 Å². The van der Waals surface area contributed by atoms with Crippen molar-refractivity contribution in [2.24, 2.45) is 0 Å². The van der Waals surface area contributed by atoms with Crippen molar-refractivity contribution in [1.29, 1.82) is 0 Å². The summed E-state index contributed by atoms with van der Waals surface area (Å²) >= 11 is 0. The zero-order valence-corrected chi connectivity index (χ0v) is 31.7. The molecule has 0 amide bonds. The molecule has 4 rings (SSSR count). The van der Waals surface area contributed by atoms with Crippen LogP contribution in [0.2, 0.25) is 0 Å². The van der Waals surface area contributed by atoms with Crippen LogP contribution in [0.1, 0.15) is 128 Å². The average molecular weight is 731 g/mol. The SMILES string of the molecule is CCCCCCc1cc(C(=O)COc2ccc(C(C)C)cc2)c(O)cc1O.CCCCCCc1cc(C(=O)COc2ccc(C)cc2F)c(O)cc1O. The summed E-state index contributed by atoms with van der Waals surface area (Å²) in [6, 6.07) is 17.6. The van der Waals surface area contributed by atoms with Crippen LogP contribution in [0.5, 0.6) is 34.5 Å². The quantitative estimate of drug-likeness (QED) is 0.0553. The number of carbonyl (C=O) groups excluding carboxylic acids is 2. The lowest BCUT2D eigenvalue weighted by Crippen LogP contribution is -2.13. The average Bonchev–Trinajstić information content (AvgIpc) is 3.12. The lowest BCUT2D eigenvalue weighted by atomic mass is 10.0. The third kappa shape index (κ3) is 13.5. The molecule has 0 unspecified atom stereocenters. The molecule has 0 aliphatic rings. The van der Waals surface area contributed by atoms with Crippen molar-refractivity contribution in [3.63, 3.8) is 0 Å². The largest absolute Gasteiger partial charge is 0.508 e. The number of halogens is 1. The third-order valence-corrected chi connectivity index (χ3v) is 8.96. The van der Waals surface area contributed by atoms with Crippen molar-refractivity contribution < 1.29 is 43.9 Å². The molecule has 8 nitrogen and oxygen atoms in total. The molecule has 0 atom stereocenters. The zero-order chi connectivity index (χ0) is 38.9. The second-order valence-electron chi connectivity index (χ2n) is 13.7. The van der Waals surface area contributed by atoms with E-state index in [0.717, 1.165) is 56.9 Å². The van der Waals surface area contributed by atoms with Crippen LogP contribution in [0, 0.1) is 12.7 Å². The Bertz CT molecular complexity index is 1780. The molecule has 0 saturated heterocycles. The molecule has 0 bridgehead atoms. The van der Waals surface area contributed by atoms with Gasteiger partial charge in [-0.15, -0.1) is 0 Å². The van der Waals surface area contributed by atoms with E-state index < -0.39 is 18.2 Å². The van der Waals surface area contributed by atoms with E-state index in [0.29, 0.717) is 35.6 Å². The van der Waals surface area contributed by atoms with Crippen molar-refractivity contribution >= 4 is 11.6 Å². The van der Waals surface area contributed by atoms with E-state index in [1.807, 2.05) is 24.3 Å². The fourth-order valence-corrected chi connectivity index (χ4v) is 5.70. The lowest BCUT2D eigenvalue weighted by molar-refractivity contribution is 0.0910. The first kappa shape index (κ1) is 42.4. The third-order valence-electron chi connectivity index (χ3n) is 8.96. The summed E-state index contributed by atoms with van der Waals surface area (Å²) in [5, 5.41) is 40.0. The van der Waals surface area contributed by atoms with E-state index >= 15 is 0 Å². The van der Waals surface area contributed by atoms with Crippen LogP contribution in [-0.4, -0.2) is 45.2 Å². The van der Waals surface area contributed by atoms with Gasteiger partial charge in [0.2, 0.25) is 11.6 Å². The van der Waals surface area contributed by atoms with Crippen LogP contribution in [-0.2, 0) is 12.8 Å². The lowest BCUT2D eigenvalue weighted by Gasteiger charge is -2.11. The first-order valence-electron chi connectivity index (χ1n) is 18.6. The molecule has 0 aromatic heterocycles. The highest BCUT2D eigenvalue weighted by Gasteiger charge is 2.18. The fourth-order valence-electron chi connectivity index (χ4n) is 5.70. The number of aromatic hydroxyl groups is 4. The normalized spacial score (nSPS) is 10.8. The standard InChI is InChI=1S/C23H30O4.C21H25FO4/c1-4-5-6-7-8-18-13-20(22(25)14-21(18)24)23(26)15-27-19-11-9-17(10-12-19)16(2)3;1-3-4-5-6-7-15-11-16(19(24)12-18(15)23)20(25)13-26-21-9-8-14(2)10-17(21)22/h9-14,16,24-25H,4-8,15H2,1-3H3;8-12,23-24H,3-7,13H2,1-2H3. The maximum atomic E-state index is 13.8. The van der Waals surface area contributed by atoms with Gasteiger partial charge in [-0.05, 0) is 97.2 Å². The topological polar surface area (TPSA) is 134 Å². The molecule has 9 heteroatoms. The number of hydrogen-bond donors (Lipinski definition) is 4. The second kappa shape index (κ2) is 21.5. The minimum Gasteiger partial charge on any atom is -0.508 e. The minimum atomic E-state index is -0.538. The van der Waals surface area contributed by atoms with Gasteiger partial charge in [0.1, 0.15) is 28.7 Å². The Kier molecular flexibility index (Phi) is 17.2. The van der Waals surface area contributed by atoms with Crippen LogP contribution in [0.15, 0.2) is 66.7 Å². The van der Waals surface area contributed by atoms with Crippen LogP contribution >= 0.6 is 0 Å². The monoisotopic (exact) mass is 730 g/mol. The second-order valence-corrected chi connectivity index (χ2v) is 13.7. The maximum absolute atomic E-state index is 13.8. The van der Waals surface area contributed by atoms with E-state index in [1.165, 1.54) is 35.9 Å². The summed E-state index contributed by atoms with van der Waals surface area (Å²) in [5.74, 6) is -0.798. The number of hydrogen-bond acceptors (Lipinski definition) is 8. The first-order chi connectivity index (χ1) is 25.3. The van der Waals surface area contributed by atoms with E-state index in [-0.39, 0.29) is 52.3 Å². The van der Waals surface area contributed by atoms with Crippen LogP contribution in [0.25, 0.3) is 0 Å². The first-order valence-corrected chi connectivity index (χ1v) is 18.6. The van der Waals surface area contributed by atoms with Gasteiger partial charge in [-0.2, -0.15) is 0 Å². The number of rotatable bonds is 19. The number of carbonyl (C=O) groups is 2. The molecule has 286 valence electrons. The number of phenols is 4. The predicted molar refractivity (Wildman–Crippen MR) is 207 cm³/mol. The molecule has 0 fully saturated rings. The molecule has 0 saturated carbocycles. The Morgan fingerprint density at radius 2 is 1.11 bits per heavy atom. The van der Waals surface area contributed by atoms with Crippen LogP contribution < -0.4 is 9.47 Å². The predicted octanol–water partition coefficient (Wildman–Crippen LogP) is 10.5. The summed E-state index contributed by atoms with van der Waals surface area (Å²) in [5.41, 5.74) is 3.53. The maximum Gasteiger partial charge on any atom is 0.203 e. The van der Waals surface area contributed by atoms with Crippen LogP contribution in [0.4, 0.5) is 4.39 Å². The van der Waals surface area contributed by atoms with E-state index in [1.54, 1.807) is 19.1 Å². The molecule has 0 radical (unpaired) electrons. The zero-order valence-electron chi connectivity index (χ0n) is 31.7. The van der Waals surface area contributed by atoms with Crippen molar-refractivity contribution in [3.05, 3.63) is 106 Å². The van der Waals surface area contributed by atoms with Crippen molar-refractivity contribution in [3.8, 4) is 34.5 Å². The van der Waals surface area contributed by atoms with Gasteiger partial charge < -0.3 is 29.9 Å². The Balaban J connectivity index is 0.000000286. The molecule has 4 N–H and O–H groups in total. The molecular formula is C44H55FO8. The Morgan fingerprint density at radius 3 is 1.57 bits per heavy atom. The highest BCUT2D eigenvalue weighted by atomic mass is 19.1. The van der Waals surface area contributed by atoms with Gasteiger partial charge in [0.05, 0.1) is 11.1 Å². The van der Waals surface area contributed by atoms with Crippen molar-refractivity contribution in [2.75, 3.05) is 13.2 Å². The smallest absolute Gasteiger partial charge is 0.203 e.